The molecule has 14 heavy (non-hydrogen) atoms. The molecule has 3 nitrogen and oxygen atoms in total. The van der Waals surface area contributed by atoms with Crippen molar-refractivity contribution in [1.82, 2.24) is 4.98 Å². The number of nitrogens with zero attached hydrogens (tertiary/aromatic N) is 1. The number of pyridine rings is 1. The molecule has 0 saturated carbocycles. The highest BCUT2D eigenvalue weighted by Crippen LogP contribution is 2.21. The number of alkyl halides is 3. The highest BCUT2D eigenvalue weighted by molar-refractivity contribution is 5.86. The Morgan fingerprint density at radius 1 is 1.50 bits per heavy atom. The Morgan fingerprint density at radius 2 is 2.14 bits per heavy atom. The van der Waals surface area contributed by atoms with E-state index in [4.69, 9.17) is 0 Å². The smallest absolute Gasteiger partial charge is 0.394 e. The number of rotatable bonds is 2. The average molecular weight is 204 g/mol. The number of carbonyl (C=O) groups excluding carboxylic acids is 1. The fourth-order valence-corrected chi connectivity index (χ4v) is 0.955. The van der Waals surface area contributed by atoms with Crippen LogP contribution in [0.5, 0.6) is 0 Å². The maximum atomic E-state index is 11.9. The van der Waals surface area contributed by atoms with Crippen LogP contribution < -0.4 is 5.11 Å². The van der Waals surface area contributed by atoms with Crippen LogP contribution in [-0.4, -0.2) is 17.1 Å². The zero-order valence-corrected chi connectivity index (χ0v) is 6.84. The highest BCUT2D eigenvalue weighted by Gasteiger charge is 2.29. The second-order valence-electron chi connectivity index (χ2n) is 2.58. The van der Waals surface area contributed by atoms with E-state index in [0.29, 0.717) is 0 Å². The van der Waals surface area contributed by atoms with E-state index < -0.39 is 29.8 Å². The monoisotopic (exact) mass is 204 g/mol. The number of hydrogen-bond acceptors (Lipinski definition) is 3. The Labute approximate surface area is 77.2 Å². The lowest BCUT2D eigenvalue weighted by molar-refractivity contribution is -0.255. The van der Waals surface area contributed by atoms with Gasteiger partial charge in [0.2, 0.25) is 0 Å². The lowest BCUT2D eigenvalue weighted by Gasteiger charge is -2.10. The molecule has 0 bridgehead atoms. The minimum Gasteiger partial charge on any atom is -0.545 e. The van der Waals surface area contributed by atoms with Crippen LogP contribution in [0, 0.1) is 0 Å². The number of aromatic nitrogens is 1. The Balaban J connectivity index is 3.02. The van der Waals surface area contributed by atoms with Crippen LogP contribution in [0.15, 0.2) is 18.3 Å². The molecule has 6 heteroatoms. The molecule has 0 N–H and O–H groups in total. The highest BCUT2D eigenvalue weighted by atomic mass is 19.4. The van der Waals surface area contributed by atoms with Gasteiger partial charge in [-0.2, -0.15) is 13.2 Å². The van der Waals surface area contributed by atoms with Crippen molar-refractivity contribution in [1.29, 1.82) is 0 Å². The molecule has 1 heterocycles. The first-order valence-corrected chi connectivity index (χ1v) is 3.62. The SMILES string of the molecule is O=C([O-])c1cccnc1CC(F)(F)F. The molecule has 0 aliphatic rings. The summed E-state index contributed by atoms with van der Waals surface area (Å²) < 4.78 is 35.8. The first-order chi connectivity index (χ1) is 6.40. The van der Waals surface area contributed by atoms with Gasteiger partial charge in [0.1, 0.15) is 0 Å². The molecule has 0 amide bonds. The molecule has 0 spiro atoms. The van der Waals surface area contributed by atoms with Gasteiger partial charge < -0.3 is 9.90 Å². The molecule has 0 saturated heterocycles. The summed E-state index contributed by atoms with van der Waals surface area (Å²) in [6.45, 7) is 0. The van der Waals surface area contributed by atoms with Gasteiger partial charge in [-0.25, -0.2) is 0 Å². The molecule has 0 unspecified atom stereocenters. The van der Waals surface area contributed by atoms with E-state index in [1.165, 1.54) is 6.07 Å². The molecule has 1 rings (SSSR count). The Morgan fingerprint density at radius 3 is 2.64 bits per heavy atom. The lowest BCUT2D eigenvalue weighted by atomic mass is 10.1. The van der Waals surface area contributed by atoms with Crippen LogP contribution in [0.1, 0.15) is 16.1 Å². The summed E-state index contributed by atoms with van der Waals surface area (Å²) in [5.74, 6) is -1.66. The Bertz CT molecular complexity index is 349. The number of carboxylic acid groups (broad SMARTS) is 1. The van der Waals surface area contributed by atoms with E-state index in [9.17, 15) is 23.1 Å². The predicted molar refractivity (Wildman–Crippen MR) is 38.3 cm³/mol. The molecule has 76 valence electrons. The fourth-order valence-electron chi connectivity index (χ4n) is 0.955. The molecular weight excluding hydrogens is 199 g/mol. The third-order valence-electron chi connectivity index (χ3n) is 1.48. The molecule has 0 fully saturated rings. The average Bonchev–Trinajstić information content (AvgIpc) is 2.01. The van der Waals surface area contributed by atoms with E-state index in [0.717, 1.165) is 12.3 Å². The molecule has 0 aliphatic carbocycles. The van der Waals surface area contributed by atoms with Crippen LogP contribution in [0.3, 0.4) is 0 Å². The molecule has 0 aliphatic heterocycles. The van der Waals surface area contributed by atoms with Gasteiger partial charge in [0, 0.05) is 11.8 Å². The number of hydrogen-bond donors (Lipinski definition) is 0. The Kier molecular flexibility index (Phi) is 2.73. The van der Waals surface area contributed by atoms with Crippen molar-refractivity contribution in [3.8, 4) is 0 Å². The summed E-state index contributed by atoms with van der Waals surface area (Å²) in [7, 11) is 0. The van der Waals surface area contributed by atoms with Gasteiger partial charge in [-0.3, -0.25) is 4.98 Å². The minimum absolute atomic E-state index is 0.523. The van der Waals surface area contributed by atoms with Crippen LogP contribution >= 0.6 is 0 Å². The van der Waals surface area contributed by atoms with Crippen LogP contribution in [0.25, 0.3) is 0 Å². The van der Waals surface area contributed by atoms with Crippen molar-refractivity contribution < 1.29 is 23.1 Å². The van der Waals surface area contributed by atoms with Crippen LogP contribution in [0.4, 0.5) is 13.2 Å². The minimum atomic E-state index is -4.47. The zero-order chi connectivity index (χ0) is 10.8. The van der Waals surface area contributed by atoms with Crippen LogP contribution in [-0.2, 0) is 6.42 Å². The second-order valence-corrected chi connectivity index (χ2v) is 2.58. The van der Waals surface area contributed by atoms with Gasteiger partial charge in [-0.15, -0.1) is 0 Å². The van der Waals surface area contributed by atoms with E-state index >= 15 is 0 Å². The van der Waals surface area contributed by atoms with Crippen molar-refractivity contribution >= 4 is 5.97 Å². The van der Waals surface area contributed by atoms with Crippen molar-refractivity contribution in [2.45, 2.75) is 12.6 Å². The quantitative estimate of drug-likeness (QED) is 0.706. The summed E-state index contributed by atoms with van der Waals surface area (Å²) in [5, 5.41) is 10.4. The van der Waals surface area contributed by atoms with Gasteiger partial charge in [0.15, 0.2) is 0 Å². The zero-order valence-electron chi connectivity index (χ0n) is 6.84. The van der Waals surface area contributed by atoms with Crippen molar-refractivity contribution in [3.63, 3.8) is 0 Å². The maximum Gasteiger partial charge on any atom is 0.394 e. The summed E-state index contributed by atoms with van der Waals surface area (Å²) >= 11 is 0. The van der Waals surface area contributed by atoms with Crippen molar-refractivity contribution in [2.75, 3.05) is 0 Å². The largest absolute Gasteiger partial charge is 0.545 e. The maximum absolute atomic E-state index is 11.9. The third-order valence-corrected chi connectivity index (χ3v) is 1.48. The summed E-state index contributed by atoms with van der Waals surface area (Å²) in [6.07, 6.45) is -4.73. The van der Waals surface area contributed by atoms with Crippen molar-refractivity contribution in [3.05, 3.63) is 29.6 Å². The topological polar surface area (TPSA) is 53.0 Å². The van der Waals surface area contributed by atoms with Gasteiger partial charge in [-0.05, 0) is 12.1 Å². The van der Waals surface area contributed by atoms with Gasteiger partial charge in [-0.1, -0.05) is 0 Å². The van der Waals surface area contributed by atoms with Crippen LogP contribution in [0.2, 0.25) is 0 Å². The number of aromatic carboxylic acids is 1. The number of carboxylic acids is 1. The van der Waals surface area contributed by atoms with E-state index in [1.807, 2.05) is 0 Å². The van der Waals surface area contributed by atoms with Gasteiger partial charge in [0.05, 0.1) is 18.1 Å². The second kappa shape index (κ2) is 3.65. The molecule has 0 aromatic carbocycles. The molecule has 1 aromatic rings. The molecule has 0 atom stereocenters. The lowest BCUT2D eigenvalue weighted by Crippen LogP contribution is -2.26. The molecule has 0 radical (unpaired) electrons. The fraction of sp³-hybridized carbons (Fsp3) is 0.250. The standard InChI is InChI=1S/C8H6F3NO2/c9-8(10,11)4-6-5(7(13)14)2-1-3-12-6/h1-3H,4H2,(H,13,14)/p-1. The summed E-state index contributed by atoms with van der Waals surface area (Å²) in [4.78, 5) is 13.7. The van der Waals surface area contributed by atoms with E-state index in [-0.39, 0.29) is 0 Å². The number of halogens is 3. The first-order valence-electron chi connectivity index (χ1n) is 3.62. The van der Waals surface area contributed by atoms with E-state index in [2.05, 4.69) is 4.98 Å². The summed E-state index contributed by atoms with van der Waals surface area (Å²) in [6, 6.07) is 2.27. The number of carbonyl (C=O) groups is 1. The van der Waals surface area contributed by atoms with E-state index in [1.54, 1.807) is 0 Å². The summed E-state index contributed by atoms with van der Waals surface area (Å²) in [5.41, 5.74) is -1.05. The molecular formula is C8H5F3NO2-. The molecule has 1 aromatic heterocycles. The van der Waals surface area contributed by atoms with Gasteiger partial charge >= 0.3 is 6.18 Å². The van der Waals surface area contributed by atoms with Crippen molar-refractivity contribution in [2.24, 2.45) is 0 Å². The predicted octanol–water partition coefficient (Wildman–Crippen LogP) is 0.550. The van der Waals surface area contributed by atoms with Gasteiger partial charge in [0.25, 0.3) is 0 Å². The third kappa shape index (κ3) is 2.72. The Hall–Kier alpha value is -1.59. The first kappa shape index (κ1) is 10.5. The normalized spacial score (nSPS) is 11.4.